The molecule has 3 nitrogen and oxygen atoms in total. The molecule has 0 atom stereocenters. The van der Waals surface area contributed by atoms with Gasteiger partial charge in [-0.15, -0.1) is 0 Å². The Balaban J connectivity index is 2.12. The van der Waals surface area contributed by atoms with Crippen molar-refractivity contribution >= 4 is 11.9 Å². The van der Waals surface area contributed by atoms with Crippen molar-refractivity contribution in [1.29, 1.82) is 0 Å². The predicted molar refractivity (Wildman–Crippen MR) is 84.1 cm³/mol. The van der Waals surface area contributed by atoms with Crippen LogP contribution < -0.4 is 9.47 Å². The van der Waals surface area contributed by atoms with E-state index in [0.29, 0.717) is 5.56 Å². The van der Waals surface area contributed by atoms with Crippen LogP contribution in [0.5, 0.6) is 11.5 Å². The predicted octanol–water partition coefficient (Wildman–Crippen LogP) is 3.91. The van der Waals surface area contributed by atoms with Crippen molar-refractivity contribution in [3.8, 4) is 11.5 Å². The summed E-state index contributed by atoms with van der Waals surface area (Å²) in [6.45, 7) is 1.92. The fourth-order valence-electron chi connectivity index (χ4n) is 2.01. The molecule has 0 unspecified atom stereocenters. The van der Waals surface area contributed by atoms with Gasteiger partial charge in [-0.05, 0) is 54.5 Å². The minimum absolute atomic E-state index is 0.0310. The molecule has 3 heteroatoms. The molecule has 0 N–H and O–H groups in total. The lowest BCUT2D eigenvalue weighted by Crippen LogP contribution is -1.96. The average Bonchev–Trinajstić information content (AvgIpc) is 2.53. The summed E-state index contributed by atoms with van der Waals surface area (Å²) in [6.07, 6.45) is 3.37. The Morgan fingerprint density at radius 2 is 1.71 bits per heavy atom. The summed E-state index contributed by atoms with van der Waals surface area (Å²) in [5.41, 5.74) is 2.55. The molecule has 0 saturated carbocycles. The van der Waals surface area contributed by atoms with Crippen LogP contribution in [0.25, 0.3) is 6.08 Å². The highest BCUT2D eigenvalue weighted by molar-refractivity contribution is 6.07. The normalized spacial score (nSPS) is 10.6. The molecule has 0 aliphatic heterocycles. The first kappa shape index (κ1) is 14.9. The molecular weight excluding hydrogens is 264 g/mol. The number of aryl methyl sites for hydroxylation is 1. The molecule has 0 spiro atoms. The third kappa shape index (κ3) is 3.72. The second kappa shape index (κ2) is 6.75. The molecule has 2 rings (SSSR count). The van der Waals surface area contributed by atoms with Gasteiger partial charge in [-0.1, -0.05) is 18.2 Å². The van der Waals surface area contributed by atoms with Crippen LogP contribution in [0.3, 0.4) is 0 Å². The SMILES string of the molecule is COc1ccc(/C=C/C(=O)c2ccc(OC)c(C)c2)cc1. The first-order chi connectivity index (χ1) is 10.1. The van der Waals surface area contributed by atoms with Gasteiger partial charge in [0.25, 0.3) is 0 Å². The number of ketones is 1. The van der Waals surface area contributed by atoms with Crippen molar-refractivity contribution in [2.24, 2.45) is 0 Å². The Hall–Kier alpha value is -2.55. The fraction of sp³-hybridized carbons (Fsp3) is 0.167. The van der Waals surface area contributed by atoms with Crippen LogP contribution in [0.2, 0.25) is 0 Å². The molecule has 0 amide bonds. The van der Waals surface area contributed by atoms with Crippen molar-refractivity contribution in [2.75, 3.05) is 14.2 Å². The van der Waals surface area contributed by atoms with Gasteiger partial charge in [-0.2, -0.15) is 0 Å². The van der Waals surface area contributed by atoms with E-state index < -0.39 is 0 Å². The van der Waals surface area contributed by atoms with E-state index in [9.17, 15) is 4.79 Å². The molecule has 0 saturated heterocycles. The van der Waals surface area contributed by atoms with Crippen LogP contribution in [-0.2, 0) is 0 Å². The lowest BCUT2D eigenvalue weighted by Gasteiger charge is -2.05. The molecule has 0 aromatic heterocycles. The summed E-state index contributed by atoms with van der Waals surface area (Å²) >= 11 is 0. The molecule has 0 bridgehead atoms. The van der Waals surface area contributed by atoms with E-state index in [2.05, 4.69) is 0 Å². The first-order valence-electron chi connectivity index (χ1n) is 6.65. The number of hydrogen-bond acceptors (Lipinski definition) is 3. The van der Waals surface area contributed by atoms with Crippen LogP contribution in [0.4, 0.5) is 0 Å². The lowest BCUT2D eigenvalue weighted by atomic mass is 10.1. The molecule has 0 aliphatic carbocycles. The number of carbonyl (C=O) groups excluding carboxylic acids is 1. The monoisotopic (exact) mass is 282 g/mol. The maximum absolute atomic E-state index is 12.1. The van der Waals surface area contributed by atoms with Crippen molar-refractivity contribution in [3.63, 3.8) is 0 Å². The first-order valence-corrected chi connectivity index (χ1v) is 6.65. The lowest BCUT2D eigenvalue weighted by molar-refractivity contribution is 0.104. The fourth-order valence-corrected chi connectivity index (χ4v) is 2.01. The third-order valence-electron chi connectivity index (χ3n) is 3.22. The zero-order chi connectivity index (χ0) is 15.2. The molecule has 0 heterocycles. The van der Waals surface area contributed by atoms with E-state index in [-0.39, 0.29) is 5.78 Å². The number of methoxy groups -OCH3 is 2. The van der Waals surface area contributed by atoms with Gasteiger partial charge in [-0.25, -0.2) is 0 Å². The van der Waals surface area contributed by atoms with E-state index in [1.54, 1.807) is 32.4 Å². The zero-order valence-electron chi connectivity index (χ0n) is 12.4. The number of rotatable bonds is 5. The van der Waals surface area contributed by atoms with Crippen molar-refractivity contribution in [3.05, 3.63) is 65.2 Å². The average molecular weight is 282 g/mol. The summed E-state index contributed by atoms with van der Waals surface area (Å²) in [7, 11) is 3.24. The molecule has 108 valence electrons. The Bertz CT molecular complexity index is 655. The molecule has 2 aromatic carbocycles. The summed E-state index contributed by atoms with van der Waals surface area (Å²) in [5.74, 6) is 1.55. The minimum Gasteiger partial charge on any atom is -0.497 e. The second-order valence-electron chi connectivity index (χ2n) is 4.66. The number of ether oxygens (including phenoxy) is 2. The summed E-state index contributed by atoms with van der Waals surface area (Å²) in [5, 5.41) is 0. The quantitative estimate of drug-likeness (QED) is 0.616. The highest BCUT2D eigenvalue weighted by atomic mass is 16.5. The number of hydrogen-bond donors (Lipinski definition) is 0. The summed E-state index contributed by atoms with van der Waals surface area (Å²) in [6, 6.07) is 12.9. The van der Waals surface area contributed by atoms with E-state index in [1.165, 1.54) is 0 Å². The maximum Gasteiger partial charge on any atom is 0.185 e. The van der Waals surface area contributed by atoms with Gasteiger partial charge in [0.05, 0.1) is 14.2 Å². The largest absolute Gasteiger partial charge is 0.497 e. The van der Waals surface area contributed by atoms with Crippen LogP contribution in [0.15, 0.2) is 48.5 Å². The highest BCUT2D eigenvalue weighted by Gasteiger charge is 2.05. The Labute approximate surface area is 124 Å². The molecule has 0 radical (unpaired) electrons. The van der Waals surface area contributed by atoms with Gasteiger partial charge < -0.3 is 9.47 Å². The smallest absolute Gasteiger partial charge is 0.185 e. The third-order valence-corrected chi connectivity index (χ3v) is 3.22. The van der Waals surface area contributed by atoms with Gasteiger partial charge in [0.15, 0.2) is 5.78 Å². The molecule has 0 aliphatic rings. The van der Waals surface area contributed by atoms with Gasteiger partial charge in [-0.3, -0.25) is 4.79 Å². The van der Waals surface area contributed by atoms with Crippen LogP contribution in [0, 0.1) is 6.92 Å². The Morgan fingerprint density at radius 1 is 1.00 bits per heavy atom. The highest BCUT2D eigenvalue weighted by Crippen LogP contribution is 2.19. The summed E-state index contributed by atoms with van der Waals surface area (Å²) in [4.78, 5) is 12.1. The van der Waals surface area contributed by atoms with E-state index in [0.717, 1.165) is 22.6 Å². The van der Waals surface area contributed by atoms with Gasteiger partial charge in [0.2, 0.25) is 0 Å². The van der Waals surface area contributed by atoms with Crippen molar-refractivity contribution in [1.82, 2.24) is 0 Å². The van der Waals surface area contributed by atoms with Crippen molar-refractivity contribution in [2.45, 2.75) is 6.92 Å². The Kier molecular flexibility index (Phi) is 4.77. The summed E-state index contributed by atoms with van der Waals surface area (Å²) < 4.78 is 10.3. The minimum atomic E-state index is -0.0310. The Morgan fingerprint density at radius 3 is 2.29 bits per heavy atom. The van der Waals surface area contributed by atoms with Gasteiger partial charge in [0.1, 0.15) is 11.5 Å². The standard InChI is InChI=1S/C18H18O3/c1-13-12-15(7-11-18(13)21-3)17(19)10-6-14-4-8-16(20-2)9-5-14/h4-12H,1-3H3/b10-6+. The molecule has 21 heavy (non-hydrogen) atoms. The molecule has 0 fully saturated rings. The second-order valence-corrected chi connectivity index (χ2v) is 4.66. The van der Waals surface area contributed by atoms with Crippen LogP contribution in [-0.4, -0.2) is 20.0 Å². The van der Waals surface area contributed by atoms with E-state index in [4.69, 9.17) is 9.47 Å². The topological polar surface area (TPSA) is 35.5 Å². The maximum atomic E-state index is 12.1. The zero-order valence-corrected chi connectivity index (χ0v) is 12.4. The van der Waals surface area contributed by atoms with Gasteiger partial charge >= 0.3 is 0 Å². The number of allylic oxidation sites excluding steroid dienone is 1. The number of carbonyl (C=O) groups is 1. The van der Waals surface area contributed by atoms with Crippen molar-refractivity contribution < 1.29 is 14.3 Å². The van der Waals surface area contributed by atoms with E-state index >= 15 is 0 Å². The van der Waals surface area contributed by atoms with Crippen LogP contribution in [0.1, 0.15) is 21.5 Å². The van der Waals surface area contributed by atoms with E-state index in [1.807, 2.05) is 43.3 Å². The molecule has 2 aromatic rings. The van der Waals surface area contributed by atoms with Gasteiger partial charge in [0, 0.05) is 5.56 Å². The number of benzene rings is 2. The molecular formula is C18H18O3. The van der Waals surface area contributed by atoms with Crippen LogP contribution >= 0.6 is 0 Å².